The molecule has 0 aliphatic heterocycles. The lowest BCUT2D eigenvalue weighted by Gasteiger charge is -2.22. The lowest BCUT2D eigenvalue weighted by molar-refractivity contribution is -0.125. The van der Waals surface area contributed by atoms with Gasteiger partial charge in [0, 0.05) is 19.7 Å². The van der Waals surface area contributed by atoms with Crippen molar-refractivity contribution in [1.29, 1.82) is 0 Å². The van der Waals surface area contributed by atoms with Crippen molar-refractivity contribution in [3.05, 3.63) is 0 Å². The summed E-state index contributed by atoms with van der Waals surface area (Å²) in [4.78, 5) is 11.1. The number of hydrogen-bond donors (Lipinski definition) is 3. The smallest absolute Gasteiger partial charge is 0.224 e. The minimum atomic E-state index is -0.596. The van der Waals surface area contributed by atoms with Gasteiger partial charge in [0.1, 0.15) is 0 Å². The summed E-state index contributed by atoms with van der Waals surface area (Å²) in [6, 6.07) is 0. The number of carbonyl (C=O) groups is 1. The Morgan fingerprint density at radius 2 is 2.05 bits per heavy atom. The van der Waals surface area contributed by atoms with E-state index in [9.17, 15) is 9.90 Å². The summed E-state index contributed by atoms with van der Waals surface area (Å²) >= 11 is 0. The van der Waals surface area contributed by atoms with E-state index >= 15 is 0 Å². The zero-order valence-corrected chi connectivity index (χ0v) is 12.6. The molecule has 1 atom stereocenters. The molecule has 1 unspecified atom stereocenters. The zero-order chi connectivity index (χ0) is 14.7. The molecular formula is C14H30N2O3. The second-order valence-electron chi connectivity index (χ2n) is 5.67. The molecule has 0 heterocycles. The maximum absolute atomic E-state index is 11.1. The number of nitrogens with two attached hydrogens (primary N) is 1. The van der Waals surface area contributed by atoms with Crippen molar-refractivity contribution in [3.8, 4) is 0 Å². The minimum absolute atomic E-state index is 0.329. The fraction of sp³-hybridized carbons (Fsp3) is 0.929. The summed E-state index contributed by atoms with van der Waals surface area (Å²) in [5.41, 5.74) is 4.66. The van der Waals surface area contributed by atoms with Gasteiger partial charge in [0.25, 0.3) is 0 Å². The first-order valence-corrected chi connectivity index (χ1v) is 7.16. The highest BCUT2D eigenvalue weighted by Crippen LogP contribution is 2.11. The van der Waals surface area contributed by atoms with Crippen molar-refractivity contribution in [2.45, 2.75) is 52.6 Å². The molecule has 0 aliphatic carbocycles. The van der Waals surface area contributed by atoms with Crippen molar-refractivity contribution in [2.24, 2.45) is 11.1 Å². The van der Waals surface area contributed by atoms with Crippen LogP contribution < -0.4 is 11.1 Å². The number of carbonyl (C=O) groups excluding carboxylic acids is 1. The number of aliphatic hydroxyl groups is 1. The molecule has 0 spiro atoms. The van der Waals surface area contributed by atoms with Gasteiger partial charge < -0.3 is 20.9 Å². The SMILES string of the molecule is CCCCCCOCC(O)CNCC(C)(C)C(N)=O. The number of rotatable bonds is 12. The van der Waals surface area contributed by atoms with Crippen LogP contribution in [0.2, 0.25) is 0 Å². The number of ether oxygens (including phenoxy) is 1. The van der Waals surface area contributed by atoms with E-state index in [-0.39, 0.29) is 5.91 Å². The predicted molar refractivity (Wildman–Crippen MR) is 76.8 cm³/mol. The van der Waals surface area contributed by atoms with E-state index in [0.717, 1.165) is 6.42 Å². The Bertz CT molecular complexity index is 245. The van der Waals surface area contributed by atoms with Crippen LogP contribution in [-0.4, -0.2) is 43.4 Å². The van der Waals surface area contributed by atoms with Crippen molar-refractivity contribution in [3.63, 3.8) is 0 Å². The summed E-state index contributed by atoms with van der Waals surface area (Å²) in [7, 11) is 0. The van der Waals surface area contributed by atoms with E-state index < -0.39 is 11.5 Å². The van der Waals surface area contributed by atoms with Crippen LogP contribution in [-0.2, 0) is 9.53 Å². The largest absolute Gasteiger partial charge is 0.389 e. The Hall–Kier alpha value is -0.650. The van der Waals surface area contributed by atoms with Crippen molar-refractivity contribution in [2.75, 3.05) is 26.3 Å². The molecule has 0 radical (unpaired) electrons. The Morgan fingerprint density at radius 1 is 1.37 bits per heavy atom. The van der Waals surface area contributed by atoms with Gasteiger partial charge in [0.15, 0.2) is 0 Å². The van der Waals surface area contributed by atoms with E-state index in [1.54, 1.807) is 13.8 Å². The fourth-order valence-corrected chi connectivity index (χ4v) is 1.55. The minimum Gasteiger partial charge on any atom is -0.389 e. The number of amides is 1. The standard InChI is InChI=1S/C14H30N2O3/c1-4-5-6-7-8-19-10-12(17)9-16-11-14(2,3)13(15)18/h12,16-17H,4-11H2,1-3H3,(H2,15,18). The van der Waals surface area contributed by atoms with Crippen molar-refractivity contribution in [1.82, 2.24) is 5.32 Å². The molecule has 19 heavy (non-hydrogen) atoms. The zero-order valence-electron chi connectivity index (χ0n) is 12.6. The van der Waals surface area contributed by atoms with Crippen LogP contribution in [0.1, 0.15) is 46.5 Å². The van der Waals surface area contributed by atoms with Crippen LogP contribution in [0.5, 0.6) is 0 Å². The number of primary amides is 1. The van der Waals surface area contributed by atoms with Crippen LogP contribution in [0.15, 0.2) is 0 Å². The molecule has 114 valence electrons. The van der Waals surface area contributed by atoms with Gasteiger partial charge in [0.05, 0.1) is 18.1 Å². The maximum atomic E-state index is 11.1. The Kier molecular flexibility index (Phi) is 9.83. The van der Waals surface area contributed by atoms with Crippen LogP contribution in [0.3, 0.4) is 0 Å². The third-order valence-corrected chi connectivity index (χ3v) is 3.07. The third-order valence-electron chi connectivity index (χ3n) is 3.07. The first kappa shape index (κ1) is 18.4. The molecule has 5 nitrogen and oxygen atoms in total. The van der Waals surface area contributed by atoms with E-state index in [2.05, 4.69) is 12.2 Å². The molecule has 4 N–H and O–H groups in total. The first-order chi connectivity index (χ1) is 8.90. The molecule has 0 aliphatic rings. The quantitative estimate of drug-likeness (QED) is 0.464. The average molecular weight is 274 g/mol. The summed E-state index contributed by atoms with van der Waals surface area (Å²) in [5, 5.41) is 12.7. The molecule has 0 aromatic rings. The molecule has 0 aromatic heterocycles. The van der Waals surface area contributed by atoms with Gasteiger partial charge in [-0.3, -0.25) is 4.79 Å². The molecule has 0 saturated carbocycles. The van der Waals surface area contributed by atoms with E-state index in [1.807, 2.05) is 0 Å². The van der Waals surface area contributed by atoms with E-state index in [4.69, 9.17) is 10.5 Å². The molecule has 0 bridgehead atoms. The highest BCUT2D eigenvalue weighted by molar-refractivity contribution is 5.80. The van der Waals surface area contributed by atoms with Crippen LogP contribution >= 0.6 is 0 Å². The second kappa shape index (κ2) is 10.2. The molecule has 0 rings (SSSR count). The fourth-order valence-electron chi connectivity index (χ4n) is 1.55. The summed E-state index contributed by atoms with van der Waals surface area (Å²) < 4.78 is 5.39. The maximum Gasteiger partial charge on any atom is 0.224 e. The van der Waals surface area contributed by atoms with E-state index in [1.165, 1.54) is 19.3 Å². The first-order valence-electron chi connectivity index (χ1n) is 7.16. The summed E-state index contributed by atoms with van der Waals surface area (Å²) in [6.07, 6.45) is 4.12. The number of aliphatic hydroxyl groups excluding tert-OH is 1. The lowest BCUT2D eigenvalue weighted by Crippen LogP contribution is -2.43. The monoisotopic (exact) mass is 274 g/mol. The average Bonchev–Trinajstić information content (AvgIpc) is 2.33. The molecular weight excluding hydrogens is 244 g/mol. The van der Waals surface area contributed by atoms with Crippen molar-refractivity contribution < 1.29 is 14.6 Å². The Labute approximate surface area is 116 Å². The Balaban J connectivity index is 3.49. The topological polar surface area (TPSA) is 84.6 Å². The van der Waals surface area contributed by atoms with Gasteiger partial charge in [-0.15, -0.1) is 0 Å². The second-order valence-corrected chi connectivity index (χ2v) is 5.67. The number of hydrogen-bond acceptors (Lipinski definition) is 4. The molecule has 0 saturated heterocycles. The summed E-state index contributed by atoms with van der Waals surface area (Å²) in [6.45, 7) is 7.61. The lowest BCUT2D eigenvalue weighted by atomic mass is 9.93. The van der Waals surface area contributed by atoms with Gasteiger partial charge in [-0.2, -0.15) is 0 Å². The van der Waals surface area contributed by atoms with Crippen LogP contribution in [0, 0.1) is 5.41 Å². The van der Waals surface area contributed by atoms with Gasteiger partial charge in [-0.05, 0) is 20.3 Å². The molecule has 1 amide bonds. The van der Waals surface area contributed by atoms with Gasteiger partial charge in [0.2, 0.25) is 5.91 Å². The molecule has 0 fully saturated rings. The highest BCUT2D eigenvalue weighted by atomic mass is 16.5. The molecule has 0 aromatic carbocycles. The van der Waals surface area contributed by atoms with Gasteiger partial charge in [-0.1, -0.05) is 26.2 Å². The predicted octanol–water partition coefficient (Wildman–Crippen LogP) is 1.05. The van der Waals surface area contributed by atoms with Gasteiger partial charge >= 0.3 is 0 Å². The highest BCUT2D eigenvalue weighted by Gasteiger charge is 2.24. The van der Waals surface area contributed by atoms with Gasteiger partial charge in [-0.25, -0.2) is 0 Å². The van der Waals surface area contributed by atoms with Crippen LogP contribution in [0.4, 0.5) is 0 Å². The summed E-state index contributed by atoms with van der Waals surface area (Å²) in [5.74, 6) is -0.346. The van der Waals surface area contributed by atoms with E-state index in [0.29, 0.717) is 26.3 Å². The Morgan fingerprint density at radius 3 is 2.63 bits per heavy atom. The number of unbranched alkanes of at least 4 members (excludes halogenated alkanes) is 3. The normalized spacial score (nSPS) is 13.5. The number of nitrogens with one attached hydrogen (secondary N) is 1. The third kappa shape index (κ3) is 9.87. The van der Waals surface area contributed by atoms with Crippen molar-refractivity contribution >= 4 is 5.91 Å². The molecule has 5 heteroatoms. The van der Waals surface area contributed by atoms with Crippen LogP contribution in [0.25, 0.3) is 0 Å².